The van der Waals surface area contributed by atoms with E-state index in [9.17, 15) is 4.79 Å². The molecule has 4 aliphatic rings. The predicted molar refractivity (Wildman–Crippen MR) is 62.0 cm³/mol. The van der Waals surface area contributed by atoms with Crippen LogP contribution in [-0.4, -0.2) is 11.1 Å². The third-order valence-corrected chi connectivity index (χ3v) is 4.98. The summed E-state index contributed by atoms with van der Waals surface area (Å²) in [4.78, 5) is 10.5. The molecule has 0 radical (unpaired) electrons. The summed E-state index contributed by atoms with van der Waals surface area (Å²) in [6.45, 7) is 0. The van der Waals surface area contributed by atoms with Gasteiger partial charge >= 0.3 is 5.97 Å². The van der Waals surface area contributed by atoms with Crippen molar-refractivity contribution in [1.82, 2.24) is 0 Å². The van der Waals surface area contributed by atoms with Crippen molar-refractivity contribution in [3.05, 3.63) is 12.2 Å². The molecule has 0 aromatic heterocycles. The van der Waals surface area contributed by atoms with Crippen LogP contribution in [0, 0.1) is 23.2 Å². The van der Waals surface area contributed by atoms with Crippen LogP contribution >= 0.6 is 0 Å². The molecular weight excluding hydrogens is 200 g/mol. The fraction of sp³-hybridized carbons (Fsp3) is 0.786. The fourth-order valence-corrected chi connectivity index (χ4v) is 4.95. The smallest absolute Gasteiger partial charge is 0.327 e. The average Bonchev–Trinajstić information content (AvgIpc) is 2.13. The Labute approximate surface area is 96.7 Å². The molecule has 4 rings (SSSR count). The molecule has 0 amide bonds. The molecule has 0 aliphatic heterocycles. The van der Waals surface area contributed by atoms with Gasteiger partial charge in [-0.1, -0.05) is 6.08 Å². The predicted octanol–water partition coefficient (Wildman–Crippen LogP) is 3.23. The van der Waals surface area contributed by atoms with Crippen LogP contribution in [0.1, 0.15) is 44.9 Å². The Balaban J connectivity index is 1.71. The van der Waals surface area contributed by atoms with Crippen LogP contribution in [0.5, 0.6) is 0 Å². The lowest BCUT2D eigenvalue weighted by Gasteiger charge is -2.56. The van der Waals surface area contributed by atoms with E-state index in [0.29, 0.717) is 5.41 Å². The zero-order chi connectivity index (χ0) is 11.2. The molecule has 0 aromatic carbocycles. The molecule has 4 saturated carbocycles. The lowest BCUT2D eigenvalue weighted by Crippen LogP contribution is -2.45. The maximum absolute atomic E-state index is 10.5. The van der Waals surface area contributed by atoms with E-state index in [4.69, 9.17) is 5.11 Å². The van der Waals surface area contributed by atoms with E-state index in [0.717, 1.165) is 24.2 Å². The van der Waals surface area contributed by atoms with Gasteiger partial charge in [-0.05, 0) is 68.1 Å². The SMILES string of the molecule is O=C(O)/C=C/CC12CC3CC(CC(C3)C1)C2. The maximum Gasteiger partial charge on any atom is 0.327 e. The van der Waals surface area contributed by atoms with Crippen molar-refractivity contribution in [2.45, 2.75) is 44.9 Å². The highest BCUT2D eigenvalue weighted by Crippen LogP contribution is 2.61. The minimum Gasteiger partial charge on any atom is -0.478 e. The molecule has 1 N–H and O–H groups in total. The van der Waals surface area contributed by atoms with Crippen LogP contribution in [0.15, 0.2) is 12.2 Å². The third kappa shape index (κ3) is 1.79. The van der Waals surface area contributed by atoms with Crippen molar-refractivity contribution in [1.29, 1.82) is 0 Å². The molecule has 2 nitrogen and oxygen atoms in total. The van der Waals surface area contributed by atoms with Crippen molar-refractivity contribution >= 4 is 5.97 Å². The van der Waals surface area contributed by atoms with E-state index < -0.39 is 5.97 Å². The number of rotatable bonds is 3. The molecule has 0 spiro atoms. The number of carbonyl (C=O) groups is 1. The standard InChI is InChI=1S/C14H20O2/c15-13(16)2-1-3-14-7-10-4-11(8-14)6-12(5-10)9-14/h1-2,10-12H,3-9H2,(H,15,16)/b2-1+. The molecule has 0 heterocycles. The summed E-state index contributed by atoms with van der Waals surface area (Å²) in [6.07, 6.45) is 12.7. The summed E-state index contributed by atoms with van der Waals surface area (Å²) in [6, 6.07) is 0. The zero-order valence-corrected chi connectivity index (χ0v) is 9.69. The molecule has 4 aliphatic carbocycles. The quantitative estimate of drug-likeness (QED) is 0.741. The van der Waals surface area contributed by atoms with Crippen LogP contribution in [0.2, 0.25) is 0 Å². The normalized spacial score (nSPS) is 45.4. The fourth-order valence-electron chi connectivity index (χ4n) is 4.95. The van der Waals surface area contributed by atoms with Gasteiger partial charge in [-0.2, -0.15) is 0 Å². The second-order valence-corrected chi connectivity index (χ2v) is 6.36. The monoisotopic (exact) mass is 220 g/mol. The van der Waals surface area contributed by atoms with Crippen LogP contribution in [0.3, 0.4) is 0 Å². The first-order valence-corrected chi connectivity index (χ1v) is 6.55. The van der Waals surface area contributed by atoms with Gasteiger partial charge in [0.05, 0.1) is 0 Å². The van der Waals surface area contributed by atoms with E-state index in [1.807, 2.05) is 6.08 Å². The summed E-state index contributed by atoms with van der Waals surface area (Å²) in [7, 11) is 0. The lowest BCUT2D eigenvalue weighted by molar-refractivity contribution is -0.131. The summed E-state index contributed by atoms with van der Waals surface area (Å²) in [5.74, 6) is 2.09. The van der Waals surface area contributed by atoms with Gasteiger partial charge in [0.25, 0.3) is 0 Å². The molecule has 0 aromatic rings. The molecule has 88 valence electrons. The highest BCUT2D eigenvalue weighted by atomic mass is 16.4. The van der Waals surface area contributed by atoms with Gasteiger partial charge in [0.1, 0.15) is 0 Å². The van der Waals surface area contributed by atoms with Gasteiger partial charge in [-0.15, -0.1) is 0 Å². The first-order valence-electron chi connectivity index (χ1n) is 6.55. The molecule has 0 atom stereocenters. The molecule has 2 heteroatoms. The Bertz CT molecular complexity index is 294. The van der Waals surface area contributed by atoms with Crippen LogP contribution < -0.4 is 0 Å². The Morgan fingerprint density at radius 2 is 1.62 bits per heavy atom. The van der Waals surface area contributed by atoms with E-state index in [-0.39, 0.29) is 0 Å². The van der Waals surface area contributed by atoms with Gasteiger partial charge in [0, 0.05) is 6.08 Å². The Morgan fingerprint density at radius 1 is 1.12 bits per heavy atom. The van der Waals surface area contributed by atoms with Crippen molar-refractivity contribution in [3.63, 3.8) is 0 Å². The molecular formula is C14H20O2. The lowest BCUT2D eigenvalue weighted by atomic mass is 9.49. The molecule has 0 unspecified atom stereocenters. The first kappa shape index (κ1) is 10.4. The molecule has 16 heavy (non-hydrogen) atoms. The van der Waals surface area contributed by atoms with Crippen LogP contribution in [0.4, 0.5) is 0 Å². The minimum absolute atomic E-state index is 0.487. The topological polar surface area (TPSA) is 37.3 Å². The number of carboxylic acids is 1. The number of hydrogen-bond acceptors (Lipinski definition) is 1. The molecule has 0 saturated heterocycles. The second kappa shape index (κ2) is 3.61. The number of allylic oxidation sites excluding steroid dienone is 1. The Hall–Kier alpha value is -0.790. The summed E-state index contributed by atoms with van der Waals surface area (Å²) < 4.78 is 0. The second-order valence-electron chi connectivity index (χ2n) is 6.36. The van der Waals surface area contributed by atoms with E-state index in [1.54, 1.807) is 0 Å². The highest BCUT2D eigenvalue weighted by Gasteiger charge is 2.49. The first-order chi connectivity index (χ1) is 7.65. The summed E-state index contributed by atoms with van der Waals surface area (Å²) in [5, 5.41) is 8.64. The van der Waals surface area contributed by atoms with Gasteiger partial charge in [0.15, 0.2) is 0 Å². The van der Waals surface area contributed by atoms with E-state index in [1.165, 1.54) is 44.6 Å². The summed E-state index contributed by atoms with van der Waals surface area (Å²) in [5.41, 5.74) is 0.487. The largest absolute Gasteiger partial charge is 0.478 e. The molecule has 4 fully saturated rings. The van der Waals surface area contributed by atoms with Crippen molar-refractivity contribution < 1.29 is 9.90 Å². The van der Waals surface area contributed by atoms with Crippen LogP contribution in [-0.2, 0) is 4.79 Å². The highest BCUT2D eigenvalue weighted by molar-refractivity contribution is 5.79. The van der Waals surface area contributed by atoms with Crippen molar-refractivity contribution in [3.8, 4) is 0 Å². The molecule has 4 bridgehead atoms. The Morgan fingerprint density at radius 3 is 2.06 bits per heavy atom. The number of aliphatic carboxylic acids is 1. The van der Waals surface area contributed by atoms with E-state index >= 15 is 0 Å². The summed E-state index contributed by atoms with van der Waals surface area (Å²) >= 11 is 0. The van der Waals surface area contributed by atoms with Gasteiger partial charge in [-0.25, -0.2) is 4.79 Å². The van der Waals surface area contributed by atoms with E-state index in [2.05, 4.69) is 0 Å². The Kier molecular flexibility index (Phi) is 2.34. The van der Waals surface area contributed by atoms with Gasteiger partial charge in [0.2, 0.25) is 0 Å². The van der Waals surface area contributed by atoms with Crippen molar-refractivity contribution in [2.24, 2.45) is 23.2 Å². The minimum atomic E-state index is -0.801. The van der Waals surface area contributed by atoms with Gasteiger partial charge in [-0.3, -0.25) is 0 Å². The van der Waals surface area contributed by atoms with Gasteiger partial charge < -0.3 is 5.11 Å². The van der Waals surface area contributed by atoms with Crippen LogP contribution in [0.25, 0.3) is 0 Å². The average molecular weight is 220 g/mol. The third-order valence-electron chi connectivity index (χ3n) is 4.98. The van der Waals surface area contributed by atoms with Crippen molar-refractivity contribution in [2.75, 3.05) is 0 Å². The maximum atomic E-state index is 10.5. The number of hydrogen-bond donors (Lipinski definition) is 1. The number of carboxylic acid groups (broad SMARTS) is 1. The zero-order valence-electron chi connectivity index (χ0n) is 9.69.